The molecule has 0 saturated carbocycles. The Hall–Kier alpha value is -5.06. The molecule has 0 spiro atoms. The summed E-state index contributed by atoms with van der Waals surface area (Å²) in [6, 6.07) is 42.9. The van der Waals surface area contributed by atoms with Crippen LogP contribution in [0, 0.1) is 0 Å². The van der Waals surface area contributed by atoms with E-state index in [1.54, 1.807) is 0 Å². The molecule has 0 radical (unpaired) electrons. The molecule has 4 heteroatoms. The molecule has 0 saturated heterocycles. The molecule has 0 bridgehead atoms. The molecular weight excluding hydrogens is 543 g/mol. The van der Waals surface area contributed by atoms with Gasteiger partial charge < -0.3 is 0 Å². The maximum absolute atomic E-state index is 5.18. The van der Waals surface area contributed by atoms with Crippen LogP contribution in [-0.2, 0) is 0 Å². The summed E-state index contributed by atoms with van der Waals surface area (Å²) in [6.45, 7) is 0. The first kappa shape index (κ1) is 24.5. The van der Waals surface area contributed by atoms with Crippen LogP contribution < -0.4 is 0 Å². The average molecular weight is 568 g/mol. The van der Waals surface area contributed by atoms with Gasteiger partial charge in [0.15, 0.2) is 17.5 Å². The van der Waals surface area contributed by atoms with Gasteiger partial charge in [0.25, 0.3) is 0 Å². The second-order valence-electron chi connectivity index (χ2n) is 11.2. The van der Waals surface area contributed by atoms with Gasteiger partial charge in [-0.2, -0.15) is 0 Å². The highest BCUT2D eigenvalue weighted by Crippen LogP contribution is 2.49. The zero-order valence-electron chi connectivity index (χ0n) is 23.2. The second-order valence-corrected chi connectivity index (χ2v) is 12.4. The van der Waals surface area contributed by atoms with Crippen molar-refractivity contribution in [1.82, 2.24) is 15.0 Å². The van der Waals surface area contributed by atoms with Crippen LogP contribution in [0.3, 0.4) is 0 Å². The minimum Gasteiger partial charge on any atom is -0.208 e. The van der Waals surface area contributed by atoms with Gasteiger partial charge in [0.05, 0.1) is 0 Å². The van der Waals surface area contributed by atoms with Gasteiger partial charge in [-0.05, 0) is 38.6 Å². The summed E-state index contributed by atoms with van der Waals surface area (Å²) in [5.41, 5.74) is 4.43. The molecule has 0 amide bonds. The van der Waals surface area contributed by atoms with Crippen molar-refractivity contribution in [2.75, 3.05) is 0 Å². The summed E-state index contributed by atoms with van der Waals surface area (Å²) in [5, 5.41) is 7.59. The molecule has 7 aromatic rings. The van der Waals surface area contributed by atoms with E-state index in [4.69, 9.17) is 15.0 Å². The molecule has 2 unspecified atom stereocenters. The third kappa shape index (κ3) is 4.02. The molecule has 2 heterocycles. The molecule has 2 aliphatic rings. The normalized spacial score (nSPS) is 17.3. The monoisotopic (exact) mass is 567 g/mol. The van der Waals surface area contributed by atoms with Crippen molar-refractivity contribution >= 4 is 49.7 Å². The van der Waals surface area contributed by atoms with Crippen LogP contribution in [0.2, 0.25) is 0 Å². The Bertz CT molecular complexity index is 2290. The summed E-state index contributed by atoms with van der Waals surface area (Å²) >= 11 is 1.92. The van der Waals surface area contributed by atoms with E-state index in [2.05, 4.69) is 121 Å². The number of fused-ring (bicyclic) bond motifs is 8. The number of allylic oxidation sites excluding steroid dienone is 3. The van der Waals surface area contributed by atoms with Gasteiger partial charge in [0, 0.05) is 38.1 Å². The highest BCUT2D eigenvalue weighted by molar-refractivity contribution is 8.00. The fourth-order valence-electron chi connectivity index (χ4n) is 6.60. The Balaban J connectivity index is 1.26. The van der Waals surface area contributed by atoms with Crippen molar-refractivity contribution in [2.24, 2.45) is 0 Å². The van der Waals surface area contributed by atoms with Crippen LogP contribution >= 0.6 is 11.8 Å². The number of aromatic nitrogens is 3. The van der Waals surface area contributed by atoms with Crippen molar-refractivity contribution in [1.29, 1.82) is 0 Å². The van der Waals surface area contributed by atoms with Crippen LogP contribution in [0.1, 0.15) is 17.3 Å². The molecule has 43 heavy (non-hydrogen) atoms. The third-order valence-electron chi connectivity index (χ3n) is 8.65. The Morgan fingerprint density at radius 1 is 0.535 bits per heavy atom. The molecular formula is C39H25N3S. The zero-order chi connectivity index (χ0) is 28.3. The highest BCUT2D eigenvalue weighted by atomic mass is 32.2. The van der Waals surface area contributed by atoms with Gasteiger partial charge >= 0.3 is 0 Å². The summed E-state index contributed by atoms with van der Waals surface area (Å²) < 4.78 is 0. The van der Waals surface area contributed by atoms with Crippen LogP contribution in [0.4, 0.5) is 0 Å². The maximum Gasteiger partial charge on any atom is 0.164 e. The predicted molar refractivity (Wildman–Crippen MR) is 179 cm³/mol. The first-order valence-corrected chi connectivity index (χ1v) is 15.5. The third-order valence-corrected chi connectivity index (χ3v) is 9.98. The number of thioether (sulfide) groups is 1. The summed E-state index contributed by atoms with van der Waals surface area (Å²) in [7, 11) is 0. The number of rotatable bonds is 3. The fraction of sp³-hybridized carbons (Fsp3) is 0.0513. The van der Waals surface area contributed by atoms with Crippen molar-refractivity contribution in [2.45, 2.75) is 16.1 Å². The van der Waals surface area contributed by atoms with Crippen LogP contribution in [-0.4, -0.2) is 20.2 Å². The lowest BCUT2D eigenvalue weighted by atomic mass is 9.90. The van der Waals surface area contributed by atoms with Gasteiger partial charge in [0.2, 0.25) is 0 Å². The molecule has 1 aliphatic carbocycles. The topological polar surface area (TPSA) is 38.7 Å². The Morgan fingerprint density at radius 2 is 1.28 bits per heavy atom. The molecule has 3 nitrogen and oxygen atoms in total. The van der Waals surface area contributed by atoms with Gasteiger partial charge in [-0.1, -0.05) is 133 Å². The van der Waals surface area contributed by atoms with Crippen molar-refractivity contribution in [3.63, 3.8) is 0 Å². The highest BCUT2D eigenvalue weighted by Gasteiger charge is 2.32. The molecule has 0 fully saturated rings. The van der Waals surface area contributed by atoms with E-state index in [1.807, 2.05) is 30.0 Å². The lowest BCUT2D eigenvalue weighted by Crippen LogP contribution is -2.11. The smallest absolute Gasteiger partial charge is 0.164 e. The minimum atomic E-state index is 0.326. The molecule has 1 aromatic heterocycles. The maximum atomic E-state index is 5.18. The average Bonchev–Trinajstić information content (AvgIpc) is 3.46. The van der Waals surface area contributed by atoms with Crippen LogP contribution in [0.25, 0.3) is 60.7 Å². The quantitative estimate of drug-likeness (QED) is 0.199. The first-order chi connectivity index (χ1) is 21.3. The van der Waals surface area contributed by atoms with Crippen LogP contribution in [0.5, 0.6) is 0 Å². The van der Waals surface area contributed by atoms with Crippen molar-refractivity contribution in [3.8, 4) is 22.8 Å². The number of benzene rings is 6. The fourth-order valence-corrected chi connectivity index (χ4v) is 7.99. The molecule has 1 aliphatic heterocycles. The van der Waals surface area contributed by atoms with Gasteiger partial charge in [-0.15, -0.1) is 11.8 Å². The summed E-state index contributed by atoms with van der Waals surface area (Å²) in [5.74, 6) is 2.45. The summed E-state index contributed by atoms with van der Waals surface area (Å²) in [6.07, 6.45) is 6.86. The van der Waals surface area contributed by atoms with E-state index in [-0.39, 0.29) is 0 Å². The Labute approximate surface area is 253 Å². The van der Waals surface area contributed by atoms with E-state index in [9.17, 15) is 0 Å². The van der Waals surface area contributed by atoms with E-state index < -0.39 is 0 Å². The predicted octanol–water partition coefficient (Wildman–Crippen LogP) is 9.88. The largest absolute Gasteiger partial charge is 0.208 e. The number of hydrogen-bond donors (Lipinski definition) is 0. The van der Waals surface area contributed by atoms with E-state index in [0.717, 1.165) is 22.1 Å². The number of nitrogens with zero attached hydrogens (tertiary/aromatic N) is 3. The van der Waals surface area contributed by atoms with Gasteiger partial charge in [-0.25, -0.2) is 15.0 Å². The Morgan fingerprint density at radius 3 is 2.23 bits per heavy atom. The SMILES string of the molecule is C1=CC2c3ccccc3SC2C=C1c1nc(-c2ccccc2)nc(-c2cccc3ccc4c5ccccc5ccc4c23)n1. The second kappa shape index (κ2) is 9.75. The summed E-state index contributed by atoms with van der Waals surface area (Å²) in [4.78, 5) is 16.7. The molecule has 0 N–H and O–H groups in total. The van der Waals surface area contributed by atoms with Crippen molar-refractivity contribution < 1.29 is 0 Å². The molecule has 202 valence electrons. The van der Waals surface area contributed by atoms with Crippen LogP contribution in [0.15, 0.2) is 144 Å². The van der Waals surface area contributed by atoms with E-state index in [0.29, 0.717) is 28.6 Å². The van der Waals surface area contributed by atoms with Crippen molar-refractivity contribution in [3.05, 3.63) is 151 Å². The first-order valence-electron chi connectivity index (χ1n) is 14.6. The number of hydrogen-bond acceptors (Lipinski definition) is 4. The zero-order valence-corrected chi connectivity index (χ0v) is 24.0. The van der Waals surface area contributed by atoms with Gasteiger partial charge in [-0.3, -0.25) is 0 Å². The standard InChI is InChI=1S/C39H25N3S/c1-2-10-26(11-3-1)37-40-38(27-19-21-31-30-14-6-7-16-34(30)43-35(31)23-27)42-39(41-37)33-15-8-12-25-18-20-29-28-13-5-4-9-24(28)17-22-32(29)36(25)33/h1-23,31,35H. The van der Waals surface area contributed by atoms with E-state index in [1.165, 1.54) is 37.4 Å². The van der Waals surface area contributed by atoms with Gasteiger partial charge in [0.1, 0.15) is 0 Å². The molecule has 6 aromatic carbocycles. The molecule has 9 rings (SSSR count). The lowest BCUT2D eigenvalue weighted by molar-refractivity contribution is 0.880. The minimum absolute atomic E-state index is 0.326. The van der Waals surface area contributed by atoms with E-state index >= 15 is 0 Å². The lowest BCUT2D eigenvalue weighted by Gasteiger charge is -2.19. The Kier molecular flexibility index (Phi) is 5.56. The molecule has 2 atom stereocenters.